The van der Waals surface area contributed by atoms with E-state index in [1.807, 2.05) is 0 Å². The summed E-state index contributed by atoms with van der Waals surface area (Å²) in [6, 6.07) is 11.1. The molecule has 158 valence electrons. The molecule has 5 nitrogen and oxygen atoms in total. The van der Waals surface area contributed by atoms with Gasteiger partial charge in [-0.3, -0.25) is 4.99 Å². The standard InChI is InChI=1S/C23H41N5/c1-4-24-23(26-21(3)13-14-22-11-7-6-8-12-22)25-15-9-10-16-28-19-17-27(5-2)18-20-28/h6-8,11-12,21H,4-5,9-10,13-20H2,1-3H3,(H2,24,25,26). The van der Waals surface area contributed by atoms with Crippen LogP contribution >= 0.6 is 0 Å². The first-order valence-electron chi connectivity index (χ1n) is 11.2. The van der Waals surface area contributed by atoms with Crippen LogP contribution in [0.4, 0.5) is 0 Å². The van der Waals surface area contributed by atoms with Gasteiger partial charge in [0.05, 0.1) is 0 Å². The highest BCUT2D eigenvalue weighted by atomic mass is 15.3. The molecule has 0 amide bonds. The summed E-state index contributed by atoms with van der Waals surface area (Å²) >= 11 is 0. The van der Waals surface area contributed by atoms with Gasteiger partial charge in [0.1, 0.15) is 0 Å². The zero-order valence-corrected chi connectivity index (χ0v) is 18.3. The predicted molar refractivity (Wildman–Crippen MR) is 121 cm³/mol. The summed E-state index contributed by atoms with van der Waals surface area (Å²) in [5.41, 5.74) is 1.40. The molecule has 0 aromatic heterocycles. The van der Waals surface area contributed by atoms with Gasteiger partial charge in [-0.25, -0.2) is 0 Å². The van der Waals surface area contributed by atoms with Gasteiger partial charge in [-0.1, -0.05) is 37.3 Å². The number of aryl methyl sites for hydroxylation is 1. The lowest BCUT2D eigenvalue weighted by atomic mass is 10.1. The molecule has 1 heterocycles. The van der Waals surface area contributed by atoms with Crippen molar-refractivity contribution in [2.45, 2.75) is 52.5 Å². The third kappa shape index (κ3) is 9.07. The van der Waals surface area contributed by atoms with E-state index >= 15 is 0 Å². The summed E-state index contributed by atoms with van der Waals surface area (Å²) < 4.78 is 0. The number of unbranched alkanes of at least 4 members (excludes halogenated alkanes) is 1. The normalized spacial score (nSPS) is 17.5. The summed E-state index contributed by atoms with van der Waals surface area (Å²) in [5, 5.41) is 6.95. The molecule has 0 aliphatic carbocycles. The lowest BCUT2D eigenvalue weighted by Crippen LogP contribution is -2.46. The summed E-state index contributed by atoms with van der Waals surface area (Å²) in [4.78, 5) is 9.92. The van der Waals surface area contributed by atoms with Crippen LogP contribution in [0.3, 0.4) is 0 Å². The number of nitrogens with zero attached hydrogens (tertiary/aromatic N) is 3. The summed E-state index contributed by atoms with van der Waals surface area (Å²) in [6.07, 6.45) is 4.60. The first-order valence-corrected chi connectivity index (χ1v) is 11.2. The highest BCUT2D eigenvalue weighted by Crippen LogP contribution is 2.05. The molecule has 2 N–H and O–H groups in total. The minimum atomic E-state index is 0.410. The fourth-order valence-corrected chi connectivity index (χ4v) is 3.62. The van der Waals surface area contributed by atoms with Crippen molar-refractivity contribution in [3.63, 3.8) is 0 Å². The average Bonchev–Trinajstić information content (AvgIpc) is 2.73. The Kier molecular flexibility index (Phi) is 11.0. The molecular weight excluding hydrogens is 346 g/mol. The second-order valence-electron chi connectivity index (χ2n) is 7.81. The molecule has 1 fully saturated rings. The van der Waals surface area contributed by atoms with Crippen LogP contribution in [0.15, 0.2) is 35.3 Å². The number of hydrogen-bond acceptors (Lipinski definition) is 3. The summed E-state index contributed by atoms with van der Waals surface area (Å²) in [6.45, 7) is 15.7. The molecule has 5 heteroatoms. The molecule has 1 aliphatic rings. The second-order valence-corrected chi connectivity index (χ2v) is 7.81. The third-order valence-corrected chi connectivity index (χ3v) is 5.50. The van der Waals surface area contributed by atoms with Crippen molar-refractivity contribution in [3.05, 3.63) is 35.9 Å². The Morgan fingerprint density at radius 1 is 1.04 bits per heavy atom. The Bertz CT molecular complexity index is 537. The molecule has 0 radical (unpaired) electrons. The van der Waals surface area contributed by atoms with Gasteiger partial charge in [0.15, 0.2) is 5.96 Å². The van der Waals surface area contributed by atoms with E-state index in [1.165, 1.54) is 51.3 Å². The van der Waals surface area contributed by atoms with E-state index in [0.717, 1.165) is 38.3 Å². The van der Waals surface area contributed by atoms with Crippen LogP contribution in [0.1, 0.15) is 45.6 Å². The zero-order valence-electron chi connectivity index (χ0n) is 18.3. The van der Waals surface area contributed by atoms with Crippen LogP contribution in [0.2, 0.25) is 0 Å². The van der Waals surface area contributed by atoms with Gasteiger partial charge >= 0.3 is 0 Å². The molecule has 1 aromatic carbocycles. The van der Waals surface area contributed by atoms with Gasteiger partial charge in [-0.2, -0.15) is 0 Å². The van der Waals surface area contributed by atoms with Crippen LogP contribution in [-0.2, 0) is 6.42 Å². The van der Waals surface area contributed by atoms with Gasteiger partial charge in [0.25, 0.3) is 0 Å². The maximum atomic E-state index is 4.78. The smallest absolute Gasteiger partial charge is 0.191 e. The van der Waals surface area contributed by atoms with Crippen molar-refractivity contribution in [3.8, 4) is 0 Å². The maximum absolute atomic E-state index is 4.78. The predicted octanol–water partition coefficient (Wildman–Crippen LogP) is 2.98. The van der Waals surface area contributed by atoms with Crippen LogP contribution in [0, 0.1) is 0 Å². The molecule has 0 bridgehead atoms. The van der Waals surface area contributed by atoms with Crippen molar-refractivity contribution < 1.29 is 0 Å². The Hall–Kier alpha value is -1.59. The van der Waals surface area contributed by atoms with Crippen LogP contribution in [0.25, 0.3) is 0 Å². The zero-order chi connectivity index (χ0) is 20.0. The Morgan fingerprint density at radius 3 is 2.43 bits per heavy atom. The van der Waals surface area contributed by atoms with Crippen molar-refractivity contribution >= 4 is 5.96 Å². The SMILES string of the molecule is CCNC(=NCCCCN1CCN(CC)CC1)NC(C)CCc1ccccc1. The fourth-order valence-electron chi connectivity index (χ4n) is 3.62. The molecule has 28 heavy (non-hydrogen) atoms. The maximum Gasteiger partial charge on any atom is 0.191 e. The molecule has 1 saturated heterocycles. The lowest BCUT2D eigenvalue weighted by molar-refractivity contribution is 0.136. The van der Waals surface area contributed by atoms with E-state index in [9.17, 15) is 0 Å². The lowest BCUT2D eigenvalue weighted by Gasteiger charge is -2.33. The molecule has 0 spiro atoms. The molecule has 1 unspecified atom stereocenters. The van der Waals surface area contributed by atoms with Gasteiger partial charge in [0.2, 0.25) is 0 Å². The molecule has 1 atom stereocenters. The number of hydrogen-bond donors (Lipinski definition) is 2. The number of rotatable bonds is 11. The summed E-state index contributed by atoms with van der Waals surface area (Å²) in [7, 11) is 0. The number of benzene rings is 1. The Balaban J connectivity index is 1.62. The summed E-state index contributed by atoms with van der Waals surface area (Å²) in [5.74, 6) is 0.958. The molecule has 2 rings (SSSR count). The molecule has 0 saturated carbocycles. The monoisotopic (exact) mass is 387 g/mol. The molecular formula is C23H41N5. The van der Waals surface area contributed by atoms with E-state index in [2.05, 4.69) is 71.5 Å². The van der Waals surface area contributed by atoms with E-state index < -0.39 is 0 Å². The van der Waals surface area contributed by atoms with Crippen molar-refractivity contribution in [2.75, 3.05) is 52.4 Å². The average molecular weight is 388 g/mol. The Labute approximate surface area is 172 Å². The number of piperazine rings is 1. The minimum absolute atomic E-state index is 0.410. The van der Waals surface area contributed by atoms with Crippen LogP contribution < -0.4 is 10.6 Å². The number of guanidine groups is 1. The van der Waals surface area contributed by atoms with Gasteiger partial charge < -0.3 is 20.4 Å². The van der Waals surface area contributed by atoms with Crippen molar-refractivity contribution in [2.24, 2.45) is 4.99 Å². The van der Waals surface area contributed by atoms with Crippen molar-refractivity contribution in [1.29, 1.82) is 0 Å². The van der Waals surface area contributed by atoms with Gasteiger partial charge in [0, 0.05) is 45.3 Å². The second kappa shape index (κ2) is 13.6. The van der Waals surface area contributed by atoms with Gasteiger partial charge in [-0.05, 0) is 58.2 Å². The highest BCUT2D eigenvalue weighted by molar-refractivity contribution is 5.80. The van der Waals surface area contributed by atoms with E-state index in [1.54, 1.807) is 0 Å². The van der Waals surface area contributed by atoms with Crippen LogP contribution in [0.5, 0.6) is 0 Å². The number of nitrogens with one attached hydrogen (secondary N) is 2. The first-order chi connectivity index (χ1) is 13.7. The molecule has 1 aliphatic heterocycles. The minimum Gasteiger partial charge on any atom is -0.357 e. The van der Waals surface area contributed by atoms with Crippen molar-refractivity contribution in [1.82, 2.24) is 20.4 Å². The fraction of sp³-hybridized carbons (Fsp3) is 0.696. The third-order valence-electron chi connectivity index (χ3n) is 5.50. The van der Waals surface area contributed by atoms with Gasteiger partial charge in [-0.15, -0.1) is 0 Å². The topological polar surface area (TPSA) is 42.9 Å². The van der Waals surface area contributed by atoms with Crippen LogP contribution in [-0.4, -0.2) is 74.2 Å². The molecule has 1 aromatic rings. The highest BCUT2D eigenvalue weighted by Gasteiger charge is 2.14. The van der Waals surface area contributed by atoms with E-state index in [4.69, 9.17) is 4.99 Å². The largest absolute Gasteiger partial charge is 0.357 e. The number of likely N-dealkylation sites (N-methyl/N-ethyl adjacent to an activating group) is 1. The number of aliphatic imine (C=N–C) groups is 1. The van der Waals surface area contributed by atoms with E-state index in [0.29, 0.717) is 6.04 Å². The van der Waals surface area contributed by atoms with E-state index in [-0.39, 0.29) is 0 Å². The quantitative estimate of drug-likeness (QED) is 0.348. The Morgan fingerprint density at radius 2 is 1.75 bits per heavy atom. The first kappa shape index (κ1) is 22.7.